The predicted octanol–water partition coefficient (Wildman–Crippen LogP) is 4.27. The number of aromatic nitrogens is 3. The van der Waals surface area contributed by atoms with E-state index in [0.29, 0.717) is 28.2 Å². The second-order valence-corrected chi connectivity index (χ2v) is 7.60. The fraction of sp³-hybridized carbons (Fsp3) is 0.318. The monoisotopic (exact) mass is 443 g/mol. The number of nitrogens with zero attached hydrogens (tertiary/aromatic N) is 3. The van der Waals surface area contributed by atoms with Crippen molar-refractivity contribution < 1.29 is 24.1 Å². The fourth-order valence-electron chi connectivity index (χ4n) is 3.93. The quantitative estimate of drug-likeness (QED) is 0.607. The van der Waals surface area contributed by atoms with E-state index in [2.05, 4.69) is 10.2 Å². The second-order valence-electron chi connectivity index (χ2n) is 7.16. The number of hydrogen-bond acceptors (Lipinski definition) is 6. The molecule has 1 aliphatic rings. The molecule has 1 aliphatic heterocycles. The molecule has 162 valence electrons. The Balaban J connectivity index is 1.95. The van der Waals surface area contributed by atoms with Gasteiger partial charge in [0.25, 0.3) is 0 Å². The molecule has 9 heteroatoms. The Morgan fingerprint density at radius 2 is 2.00 bits per heavy atom. The van der Waals surface area contributed by atoms with Crippen LogP contribution in [-0.2, 0) is 9.53 Å². The van der Waals surface area contributed by atoms with Crippen LogP contribution in [0.4, 0.5) is 0 Å². The summed E-state index contributed by atoms with van der Waals surface area (Å²) in [4.78, 5) is 11.3. The summed E-state index contributed by atoms with van der Waals surface area (Å²) >= 11 is 6.37. The Hall–Kier alpha value is -3.10. The Labute approximate surface area is 184 Å². The summed E-state index contributed by atoms with van der Waals surface area (Å²) < 4.78 is 19.6. The van der Waals surface area contributed by atoms with E-state index in [1.165, 1.54) is 0 Å². The van der Waals surface area contributed by atoms with Crippen molar-refractivity contribution in [2.75, 3.05) is 14.2 Å². The number of benzene rings is 2. The number of methoxy groups -OCH3 is 2. The number of aliphatic carboxylic acids is 1. The lowest BCUT2D eigenvalue weighted by Crippen LogP contribution is -2.14. The highest BCUT2D eigenvalue weighted by Crippen LogP contribution is 2.46. The Morgan fingerprint density at radius 1 is 1.19 bits per heavy atom. The number of carbonyl (C=O) groups is 1. The summed E-state index contributed by atoms with van der Waals surface area (Å²) in [7, 11) is 3.14. The zero-order valence-electron chi connectivity index (χ0n) is 17.3. The standard InChI is InChI=1S/C22H22ClN3O5/c1-12-24-25-22-18(9-10-19(27)28)31-20(14-5-4-6-17(29-2)21(14)30-3)15-11-13(23)7-8-16(15)26(12)22/h4-8,11,18,20H,9-10H2,1-3H3,(H,27,28). The number of carboxylic acid groups (broad SMARTS) is 1. The minimum atomic E-state index is -0.910. The first-order chi connectivity index (χ1) is 14.9. The van der Waals surface area contributed by atoms with Crippen molar-refractivity contribution in [3.63, 3.8) is 0 Å². The molecule has 1 N–H and O–H groups in total. The molecule has 2 aromatic carbocycles. The largest absolute Gasteiger partial charge is 0.493 e. The summed E-state index contributed by atoms with van der Waals surface area (Å²) in [6.45, 7) is 1.84. The Kier molecular flexibility index (Phi) is 5.84. The van der Waals surface area contributed by atoms with Crippen molar-refractivity contribution in [2.45, 2.75) is 32.0 Å². The second kappa shape index (κ2) is 8.56. The van der Waals surface area contributed by atoms with E-state index >= 15 is 0 Å². The van der Waals surface area contributed by atoms with Crippen LogP contribution in [0, 0.1) is 6.92 Å². The molecule has 0 spiro atoms. The zero-order valence-corrected chi connectivity index (χ0v) is 18.1. The molecule has 2 atom stereocenters. The van der Waals surface area contributed by atoms with E-state index < -0.39 is 18.2 Å². The molecule has 0 radical (unpaired) electrons. The lowest BCUT2D eigenvalue weighted by molar-refractivity contribution is -0.138. The Bertz CT molecular complexity index is 1130. The topological polar surface area (TPSA) is 95.7 Å². The SMILES string of the molecule is COc1cccc(C2OC(CCC(=O)O)c3nnc(C)n3-c3ccc(Cl)cc32)c1OC. The molecule has 31 heavy (non-hydrogen) atoms. The third-order valence-corrected chi connectivity index (χ3v) is 5.52. The first-order valence-corrected chi connectivity index (χ1v) is 10.1. The van der Waals surface area contributed by atoms with Crippen LogP contribution in [0.25, 0.3) is 5.69 Å². The van der Waals surface area contributed by atoms with Crippen molar-refractivity contribution >= 4 is 17.6 Å². The molecule has 2 heterocycles. The van der Waals surface area contributed by atoms with Gasteiger partial charge in [0.2, 0.25) is 0 Å². The van der Waals surface area contributed by atoms with Gasteiger partial charge in [-0.25, -0.2) is 0 Å². The van der Waals surface area contributed by atoms with Crippen molar-refractivity contribution in [2.24, 2.45) is 0 Å². The van der Waals surface area contributed by atoms with Gasteiger partial charge in [0.05, 0.1) is 19.9 Å². The molecule has 8 nitrogen and oxygen atoms in total. The summed E-state index contributed by atoms with van der Waals surface area (Å²) in [6.07, 6.45) is -1.05. The molecule has 3 aromatic rings. The fourth-order valence-corrected chi connectivity index (χ4v) is 4.11. The molecular weight excluding hydrogens is 422 g/mol. The van der Waals surface area contributed by atoms with Crippen molar-refractivity contribution in [1.29, 1.82) is 0 Å². The zero-order chi connectivity index (χ0) is 22.1. The molecule has 2 unspecified atom stereocenters. The first-order valence-electron chi connectivity index (χ1n) is 9.74. The third-order valence-electron chi connectivity index (χ3n) is 5.29. The molecule has 4 rings (SSSR count). The minimum absolute atomic E-state index is 0.0738. The molecular formula is C22H22ClN3O5. The first kappa shape index (κ1) is 21.1. The van der Waals surface area contributed by atoms with E-state index in [0.717, 1.165) is 16.8 Å². The lowest BCUT2D eigenvalue weighted by atomic mass is 9.98. The van der Waals surface area contributed by atoms with Gasteiger partial charge < -0.3 is 19.3 Å². The van der Waals surface area contributed by atoms with Gasteiger partial charge >= 0.3 is 5.97 Å². The highest BCUT2D eigenvalue weighted by molar-refractivity contribution is 6.30. The Morgan fingerprint density at radius 3 is 2.71 bits per heavy atom. The van der Waals surface area contributed by atoms with E-state index in [-0.39, 0.29) is 12.8 Å². The van der Waals surface area contributed by atoms with Crippen LogP contribution in [0.5, 0.6) is 11.5 Å². The van der Waals surface area contributed by atoms with Crippen LogP contribution in [0.15, 0.2) is 36.4 Å². The maximum atomic E-state index is 11.3. The maximum absolute atomic E-state index is 11.3. The van der Waals surface area contributed by atoms with Crippen LogP contribution in [0.3, 0.4) is 0 Å². The molecule has 0 saturated carbocycles. The van der Waals surface area contributed by atoms with Gasteiger partial charge in [-0.15, -0.1) is 10.2 Å². The number of aryl methyl sites for hydroxylation is 1. The molecule has 0 aliphatic carbocycles. The number of halogens is 1. The predicted molar refractivity (Wildman–Crippen MR) is 113 cm³/mol. The van der Waals surface area contributed by atoms with Gasteiger partial charge in [0, 0.05) is 22.6 Å². The van der Waals surface area contributed by atoms with Crippen LogP contribution >= 0.6 is 11.6 Å². The summed E-state index contributed by atoms with van der Waals surface area (Å²) in [6, 6.07) is 11.1. The number of para-hydroxylation sites is 1. The van der Waals surface area contributed by atoms with Gasteiger partial charge in [0.1, 0.15) is 18.0 Å². The van der Waals surface area contributed by atoms with Crippen molar-refractivity contribution in [1.82, 2.24) is 14.8 Å². The van der Waals surface area contributed by atoms with E-state index in [9.17, 15) is 9.90 Å². The van der Waals surface area contributed by atoms with Crippen molar-refractivity contribution in [3.8, 4) is 17.2 Å². The number of fused-ring (bicyclic) bond motifs is 3. The summed E-state index contributed by atoms with van der Waals surface area (Å²) in [5.41, 5.74) is 2.35. The normalized spacial score (nSPS) is 17.4. The van der Waals surface area contributed by atoms with E-state index in [1.54, 1.807) is 26.4 Å². The molecule has 0 saturated heterocycles. The van der Waals surface area contributed by atoms with E-state index in [1.807, 2.05) is 35.8 Å². The average molecular weight is 444 g/mol. The average Bonchev–Trinajstić information content (AvgIpc) is 3.07. The maximum Gasteiger partial charge on any atom is 0.303 e. The van der Waals surface area contributed by atoms with Crippen molar-refractivity contribution in [3.05, 3.63) is 64.2 Å². The molecule has 0 amide bonds. The van der Waals surface area contributed by atoms with Gasteiger partial charge in [-0.2, -0.15) is 0 Å². The number of carboxylic acids is 1. The number of rotatable bonds is 6. The van der Waals surface area contributed by atoms with Gasteiger partial charge in [-0.3, -0.25) is 9.36 Å². The van der Waals surface area contributed by atoms with Gasteiger partial charge in [0.15, 0.2) is 17.3 Å². The van der Waals surface area contributed by atoms with E-state index in [4.69, 9.17) is 25.8 Å². The third kappa shape index (κ3) is 3.84. The molecule has 1 aromatic heterocycles. The molecule has 0 bridgehead atoms. The van der Waals surface area contributed by atoms with Crippen LogP contribution in [0.1, 0.15) is 47.8 Å². The minimum Gasteiger partial charge on any atom is -0.493 e. The lowest BCUT2D eigenvalue weighted by Gasteiger charge is -2.24. The van der Waals surface area contributed by atoms with Gasteiger partial charge in [-0.05, 0) is 37.6 Å². The number of hydrogen-bond donors (Lipinski definition) is 1. The summed E-state index contributed by atoms with van der Waals surface area (Å²) in [5.74, 6) is 1.40. The van der Waals surface area contributed by atoms with Gasteiger partial charge in [-0.1, -0.05) is 23.7 Å². The van der Waals surface area contributed by atoms with Crippen LogP contribution < -0.4 is 9.47 Å². The highest BCUT2D eigenvalue weighted by Gasteiger charge is 2.35. The number of ether oxygens (including phenoxy) is 3. The molecule has 0 fully saturated rings. The smallest absolute Gasteiger partial charge is 0.303 e. The van der Waals surface area contributed by atoms with Crippen LogP contribution in [0.2, 0.25) is 5.02 Å². The summed E-state index contributed by atoms with van der Waals surface area (Å²) in [5, 5.41) is 18.3. The highest BCUT2D eigenvalue weighted by atomic mass is 35.5. The van der Waals surface area contributed by atoms with Crippen LogP contribution in [-0.4, -0.2) is 40.1 Å².